The van der Waals surface area contributed by atoms with Crippen LogP contribution in [0.15, 0.2) is 24.3 Å². The molecule has 21 heavy (non-hydrogen) atoms. The smallest absolute Gasteiger partial charge is 0.251 e. The zero-order chi connectivity index (χ0) is 14.7. The minimum Gasteiger partial charge on any atom is -0.497 e. The van der Waals surface area contributed by atoms with Gasteiger partial charge in [0.15, 0.2) is 0 Å². The van der Waals surface area contributed by atoms with Crippen LogP contribution < -0.4 is 10.1 Å². The summed E-state index contributed by atoms with van der Waals surface area (Å²) in [7, 11) is 1.61. The number of ether oxygens (including phenoxy) is 2. The van der Waals surface area contributed by atoms with Gasteiger partial charge in [-0.15, -0.1) is 0 Å². The summed E-state index contributed by atoms with van der Waals surface area (Å²) in [5, 5.41) is 2.95. The second kappa shape index (κ2) is 6.45. The van der Waals surface area contributed by atoms with Gasteiger partial charge in [0.2, 0.25) is 0 Å². The number of carbonyl (C=O) groups is 1. The van der Waals surface area contributed by atoms with Gasteiger partial charge in [0, 0.05) is 24.7 Å². The first-order valence-electron chi connectivity index (χ1n) is 7.54. The number of carbonyl (C=O) groups excluding carboxylic acids is 1. The van der Waals surface area contributed by atoms with E-state index >= 15 is 0 Å². The fourth-order valence-corrected chi connectivity index (χ4v) is 3.06. The van der Waals surface area contributed by atoms with Crippen LogP contribution in [-0.4, -0.2) is 56.3 Å². The summed E-state index contributed by atoms with van der Waals surface area (Å²) in [5.74, 6) is 0.687. The molecule has 2 heterocycles. The lowest BCUT2D eigenvalue weighted by Gasteiger charge is -2.35. The highest BCUT2D eigenvalue weighted by atomic mass is 16.5. The first kappa shape index (κ1) is 14.4. The molecule has 5 heteroatoms. The van der Waals surface area contributed by atoms with Crippen molar-refractivity contribution in [3.63, 3.8) is 0 Å². The first-order chi connectivity index (χ1) is 10.3. The van der Waals surface area contributed by atoms with E-state index in [1.165, 1.54) is 12.8 Å². The highest BCUT2D eigenvalue weighted by molar-refractivity contribution is 5.94. The van der Waals surface area contributed by atoms with Crippen molar-refractivity contribution in [2.45, 2.75) is 25.0 Å². The second-order valence-corrected chi connectivity index (χ2v) is 5.68. The molecule has 2 aliphatic rings. The molecule has 2 aliphatic heterocycles. The van der Waals surface area contributed by atoms with Crippen molar-refractivity contribution >= 4 is 5.91 Å². The fourth-order valence-electron chi connectivity index (χ4n) is 3.06. The molecular formula is C16H22N2O3. The molecule has 0 saturated carbocycles. The molecule has 0 aliphatic carbocycles. The van der Waals surface area contributed by atoms with Crippen molar-refractivity contribution in [3.05, 3.63) is 29.8 Å². The number of hydrogen-bond acceptors (Lipinski definition) is 4. The predicted octanol–water partition coefficient (Wildman–Crippen LogP) is 1.29. The number of nitrogens with one attached hydrogen (secondary N) is 1. The van der Waals surface area contributed by atoms with Gasteiger partial charge >= 0.3 is 0 Å². The Labute approximate surface area is 125 Å². The van der Waals surface area contributed by atoms with E-state index in [2.05, 4.69) is 10.2 Å². The Morgan fingerprint density at radius 3 is 3.00 bits per heavy atom. The van der Waals surface area contributed by atoms with Gasteiger partial charge in [-0.05, 0) is 43.7 Å². The van der Waals surface area contributed by atoms with Crippen LogP contribution in [0, 0.1) is 0 Å². The van der Waals surface area contributed by atoms with Crippen LogP contribution >= 0.6 is 0 Å². The molecule has 1 aromatic carbocycles. The largest absolute Gasteiger partial charge is 0.497 e. The van der Waals surface area contributed by atoms with Crippen molar-refractivity contribution in [3.8, 4) is 5.75 Å². The van der Waals surface area contributed by atoms with Crippen LogP contribution in [-0.2, 0) is 4.74 Å². The molecule has 0 spiro atoms. The fraction of sp³-hybridized carbons (Fsp3) is 0.562. The Bertz CT molecular complexity index is 489. The summed E-state index contributed by atoms with van der Waals surface area (Å²) >= 11 is 0. The lowest BCUT2D eigenvalue weighted by atomic mass is 10.1. The molecule has 3 rings (SSSR count). The van der Waals surface area contributed by atoms with Crippen molar-refractivity contribution in [1.82, 2.24) is 10.2 Å². The number of nitrogens with zero attached hydrogens (tertiary/aromatic N) is 1. The molecular weight excluding hydrogens is 268 g/mol. The molecule has 1 N–H and O–H groups in total. The number of rotatable bonds is 4. The van der Waals surface area contributed by atoms with Crippen molar-refractivity contribution in [2.24, 2.45) is 0 Å². The molecule has 0 radical (unpaired) electrons. The maximum Gasteiger partial charge on any atom is 0.251 e. The zero-order valence-electron chi connectivity index (χ0n) is 12.4. The molecule has 2 fully saturated rings. The van der Waals surface area contributed by atoms with Crippen LogP contribution in [0.1, 0.15) is 23.2 Å². The summed E-state index contributed by atoms with van der Waals surface area (Å²) in [5.41, 5.74) is 0.644. The molecule has 2 atom stereocenters. The Morgan fingerprint density at radius 2 is 2.24 bits per heavy atom. The van der Waals surface area contributed by atoms with Gasteiger partial charge in [-0.2, -0.15) is 0 Å². The predicted molar refractivity (Wildman–Crippen MR) is 79.7 cm³/mol. The SMILES string of the molecule is COc1ccc(C(=O)NC[C@H]2CN3CCC[C@H]3CO2)cc1. The second-order valence-electron chi connectivity index (χ2n) is 5.68. The normalized spacial score (nSPS) is 25.4. The standard InChI is InChI=1S/C16H22N2O3/c1-20-14-6-4-12(5-7-14)16(19)17-9-15-10-18-8-2-3-13(18)11-21-15/h4-7,13,15H,2-3,8-11H2,1H3,(H,17,19)/t13-,15-/m0/s1. The van der Waals surface area contributed by atoms with Gasteiger partial charge in [-0.25, -0.2) is 0 Å². The van der Waals surface area contributed by atoms with Gasteiger partial charge < -0.3 is 14.8 Å². The van der Waals surface area contributed by atoms with Gasteiger partial charge in [0.1, 0.15) is 5.75 Å². The number of morpholine rings is 1. The van der Waals surface area contributed by atoms with Gasteiger partial charge in [-0.3, -0.25) is 9.69 Å². The summed E-state index contributed by atoms with van der Waals surface area (Å²) in [6.45, 7) is 3.45. The van der Waals surface area contributed by atoms with Gasteiger partial charge in [-0.1, -0.05) is 0 Å². The van der Waals surface area contributed by atoms with E-state index in [1.54, 1.807) is 31.4 Å². The maximum atomic E-state index is 12.1. The lowest BCUT2D eigenvalue weighted by molar-refractivity contribution is -0.0461. The average Bonchev–Trinajstić information content (AvgIpc) is 3.00. The number of methoxy groups -OCH3 is 1. The van der Waals surface area contributed by atoms with Crippen LogP contribution in [0.4, 0.5) is 0 Å². The van der Waals surface area contributed by atoms with Gasteiger partial charge in [0.05, 0.1) is 19.8 Å². The monoisotopic (exact) mass is 290 g/mol. The molecule has 1 aromatic rings. The molecule has 114 valence electrons. The van der Waals surface area contributed by atoms with Crippen LogP contribution in [0.5, 0.6) is 5.75 Å². The van der Waals surface area contributed by atoms with E-state index < -0.39 is 0 Å². The Hall–Kier alpha value is -1.59. The van der Waals surface area contributed by atoms with Crippen LogP contribution in [0.3, 0.4) is 0 Å². The molecule has 5 nitrogen and oxygen atoms in total. The van der Waals surface area contributed by atoms with E-state index in [-0.39, 0.29) is 12.0 Å². The minimum atomic E-state index is -0.0650. The number of hydrogen-bond donors (Lipinski definition) is 1. The van der Waals surface area contributed by atoms with Crippen LogP contribution in [0.25, 0.3) is 0 Å². The average molecular weight is 290 g/mol. The van der Waals surface area contributed by atoms with Gasteiger partial charge in [0.25, 0.3) is 5.91 Å². The lowest BCUT2D eigenvalue weighted by Crippen LogP contribution is -2.50. The Kier molecular flexibility index (Phi) is 4.41. The van der Waals surface area contributed by atoms with Crippen LogP contribution in [0.2, 0.25) is 0 Å². The summed E-state index contributed by atoms with van der Waals surface area (Å²) in [4.78, 5) is 14.6. The van der Waals surface area contributed by atoms with Crippen molar-refractivity contribution in [2.75, 3.05) is 33.4 Å². The molecule has 0 unspecified atom stereocenters. The van der Waals surface area contributed by atoms with E-state index in [1.807, 2.05) is 0 Å². The number of fused-ring (bicyclic) bond motifs is 1. The summed E-state index contributed by atoms with van der Waals surface area (Å²) in [6, 6.07) is 7.72. The van der Waals surface area contributed by atoms with E-state index in [9.17, 15) is 4.79 Å². The van der Waals surface area contributed by atoms with E-state index in [4.69, 9.17) is 9.47 Å². The highest BCUT2D eigenvalue weighted by Crippen LogP contribution is 2.22. The molecule has 1 amide bonds. The molecule has 0 bridgehead atoms. The summed E-state index contributed by atoms with van der Waals surface area (Å²) < 4.78 is 10.9. The Balaban J connectivity index is 1.49. The van der Waals surface area contributed by atoms with E-state index in [0.717, 1.165) is 25.4 Å². The van der Waals surface area contributed by atoms with E-state index in [0.29, 0.717) is 18.2 Å². The third kappa shape index (κ3) is 3.36. The quantitative estimate of drug-likeness (QED) is 0.908. The van der Waals surface area contributed by atoms with Crippen molar-refractivity contribution < 1.29 is 14.3 Å². The topological polar surface area (TPSA) is 50.8 Å². The maximum absolute atomic E-state index is 12.1. The minimum absolute atomic E-state index is 0.0650. The summed E-state index contributed by atoms with van der Waals surface area (Å²) in [6.07, 6.45) is 2.60. The van der Waals surface area contributed by atoms with Crippen molar-refractivity contribution in [1.29, 1.82) is 0 Å². The third-order valence-corrected chi connectivity index (χ3v) is 4.30. The highest BCUT2D eigenvalue weighted by Gasteiger charge is 2.32. The first-order valence-corrected chi connectivity index (χ1v) is 7.54. The molecule has 2 saturated heterocycles. The number of amides is 1. The zero-order valence-corrected chi connectivity index (χ0v) is 12.4. The molecule has 0 aromatic heterocycles. The third-order valence-electron chi connectivity index (χ3n) is 4.30. The number of benzene rings is 1. The Morgan fingerprint density at radius 1 is 1.43 bits per heavy atom.